The number of fused-ring (bicyclic) bond motifs is 3. The molecule has 0 radical (unpaired) electrons. The van der Waals surface area contributed by atoms with E-state index in [0.29, 0.717) is 0 Å². The Bertz CT molecular complexity index is 1380. The number of hydrogen-bond acceptors (Lipinski definition) is 6. The number of unbranched alkanes of at least 4 members (excludes halogenated alkanes) is 1. The Hall–Kier alpha value is -3.52. The van der Waals surface area contributed by atoms with Gasteiger partial charge in [-0.15, -0.1) is 10.2 Å². The van der Waals surface area contributed by atoms with Crippen LogP contribution in [0.25, 0.3) is 22.4 Å². The smallest absolute Gasteiger partial charge is 0.196 e. The summed E-state index contributed by atoms with van der Waals surface area (Å²) in [5.74, 6) is 2.52. The Balaban J connectivity index is 1.37. The van der Waals surface area contributed by atoms with E-state index in [0.717, 1.165) is 64.3 Å². The van der Waals surface area contributed by atoms with Gasteiger partial charge < -0.3 is 9.47 Å². The van der Waals surface area contributed by atoms with E-state index in [4.69, 9.17) is 14.6 Å². The summed E-state index contributed by atoms with van der Waals surface area (Å²) in [5.41, 5.74) is 4.79. The molecule has 168 valence electrons. The molecule has 7 nitrogen and oxygen atoms in total. The van der Waals surface area contributed by atoms with Gasteiger partial charge in [0.15, 0.2) is 10.8 Å². The molecular formula is C25H25N5O2S. The maximum Gasteiger partial charge on any atom is 0.196 e. The van der Waals surface area contributed by atoms with Crippen molar-refractivity contribution in [3.63, 3.8) is 0 Å². The van der Waals surface area contributed by atoms with Gasteiger partial charge in [0.05, 0.1) is 19.4 Å². The molecule has 33 heavy (non-hydrogen) atoms. The first-order chi connectivity index (χ1) is 16.2. The fourth-order valence-corrected chi connectivity index (χ4v) is 4.46. The number of nitrogens with zero attached hydrogens (tertiary/aromatic N) is 5. The lowest BCUT2D eigenvalue weighted by Crippen LogP contribution is -1.96. The second kappa shape index (κ2) is 9.54. The van der Waals surface area contributed by atoms with Crippen LogP contribution in [0.5, 0.6) is 11.5 Å². The van der Waals surface area contributed by atoms with Crippen molar-refractivity contribution in [1.82, 2.24) is 24.2 Å². The van der Waals surface area contributed by atoms with Crippen LogP contribution in [0.2, 0.25) is 0 Å². The third-order valence-corrected chi connectivity index (χ3v) is 6.42. The lowest BCUT2D eigenvalue weighted by atomic mass is 10.1. The molecule has 2 aromatic carbocycles. The predicted octanol–water partition coefficient (Wildman–Crippen LogP) is 5.52. The number of ether oxygens (including phenoxy) is 2. The molecule has 0 saturated heterocycles. The molecule has 0 unspecified atom stereocenters. The fraction of sp³-hybridized carbons (Fsp3) is 0.240. The first-order valence-corrected chi connectivity index (χ1v) is 12.0. The van der Waals surface area contributed by atoms with E-state index in [1.54, 1.807) is 18.9 Å². The molecule has 0 N–H and O–H groups in total. The third kappa shape index (κ3) is 4.52. The Morgan fingerprint density at radius 1 is 0.970 bits per heavy atom. The Morgan fingerprint density at radius 3 is 2.67 bits per heavy atom. The van der Waals surface area contributed by atoms with E-state index < -0.39 is 0 Å². The van der Waals surface area contributed by atoms with Crippen LogP contribution in [-0.2, 0) is 5.75 Å². The van der Waals surface area contributed by atoms with Gasteiger partial charge >= 0.3 is 0 Å². The molecule has 5 aromatic rings. The first-order valence-electron chi connectivity index (χ1n) is 11.0. The highest BCUT2D eigenvalue weighted by Gasteiger charge is 2.13. The van der Waals surface area contributed by atoms with Gasteiger partial charge in [-0.25, -0.2) is 4.52 Å². The summed E-state index contributed by atoms with van der Waals surface area (Å²) in [6.45, 7) is 2.90. The molecular weight excluding hydrogens is 434 g/mol. The predicted molar refractivity (Wildman–Crippen MR) is 130 cm³/mol. The minimum atomic E-state index is 0.743. The van der Waals surface area contributed by atoms with Crippen molar-refractivity contribution in [3.05, 3.63) is 72.6 Å². The topological polar surface area (TPSA) is 66.0 Å². The molecule has 0 aliphatic carbocycles. The zero-order chi connectivity index (χ0) is 22.6. The van der Waals surface area contributed by atoms with Gasteiger partial charge in [0.25, 0.3) is 0 Å². The lowest BCUT2D eigenvalue weighted by Gasteiger charge is -2.05. The van der Waals surface area contributed by atoms with E-state index in [9.17, 15) is 0 Å². The SMILES string of the molecule is CCCCOc1ccc(-c2cc3c4nnc(SCc5cccc(OC)c5)n4ccn3n2)cc1. The second-order valence-electron chi connectivity index (χ2n) is 7.70. The molecule has 0 saturated carbocycles. The van der Waals surface area contributed by atoms with Crippen molar-refractivity contribution >= 4 is 22.9 Å². The van der Waals surface area contributed by atoms with Gasteiger partial charge in [-0.05, 0) is 54.4 Å². The average molecular weight is 460 g/mol. The monoisotopic (exact) mass is 459 g/mol. The normalized spacial score (nSPS) is 11.3. The van der Waals surface area contributed by atoms with Crippen molar-refractivity contribution < 1.29 is 9.47 Å². The molecule has 3 heterocycles. The molecule has 0 atom stereocenters. The summed E-state index contributed by atoms with van der Waals surface area (Å²) in [7, 11) is 1.68. The minimum absolute atomic E-state index is 0.743. The van der Waals surface area contributed by atoms with Crippen molar-refractivity contribution in [2.24, 2.45) is 0 Å². The third-order valence-electron chi connectivity index (χ3n) is 5.41. The maximum absolute atomic E-state index is 5.77. The highest BCUT2D eigenvalue weighted by Crippen LogP contribution is 2.27. The number of aromatic nitrogens is 5. The highest BCUT2D eigenvalue weighted by molar-refractivity contribution is 7.98. The van der Waals surface area contributed by atoms with E-state index in [2.05, 4.69) is 23.2 Å². The summed E-state index contributed by atoms with van der Waals surface area (Å²) in [4.78, 5) is 0. The molecule has 0 aliphatic heterocycles. The van der Waals surface area contributed by atoms with E-state index >= 15 is 0 Å². The van der Waals surface area contributed by atoms with Crippen LogP contribution in [0, 0.1) is 0 Å². The van der Waals surface area contributed by atoms with Gasteiger partial charge in [-0.3, -0.25) is 4.40 Å². The second-order valence-corrected chi connectivity index (χ2v) is 8.64. The standard InChI is InChI=1S/C25H25N5O2S/c1-3-4-14-32-20-10-8-19(9-11-20)22-16-23-24-26-27-25(29(24)12-13-30(23)28-22)33-17-18-6-5-7-21(15-18)31-2/h5-13,15-16H,3-4,14,17H2,1-2H3. The van der Waals surface area contributed by atoms with Crippen LogP contribution < -0.4 is 9.47 Å². The molecule has 0 amide bonds. The maximum atomic E-state index is 5.77. The summed E-state index contributed by atoms with van der Waals surface area (Å²) in [6, 6.07) is 18.2. The summed E-state index contributed by atoms with van der Waals surface area (Å²) in [6.07, 6.45) is 6.07. The van der Waals surface area contributed by atoms with Crippen molar-refractivity contribution in [2.75, 3.05) is 13.7 Å². The number of rotatable bonds is 9. The summed E-state index contributed by atoms with van der Waals surface area (Å²) in [5, 5.41) is 14.4. The molecule has 8 heteroatoms. The molecule has 5 rings (SSSR count). The van der Waals surface area contributed by atoms with Crippen LogP contribution in [-0.4, -0.2) is 37.9 Å². The number of methoxy groups -OCH3 is 1. The molecule has 0 fully saturated rings. The van der Waals surface area contributed by atoms with Gasteiger partial charge in [-0.1, -0.05) is 37.2 Å². The first kappa shape index (κ1) is 21.3. The summed E-state index contributed by atoms with van der Waals surface area (Å²) >= 11 is 1.64. The number of hydrogen-bond donors (Lipinski definition) is 0. The molecule has 0 aliphatic rings. The van der Waals surface area contributed by atoms with Crippen LogP contribution >= 0.6 is 11.8 Å². The van der Waals surface area contributed by atoms with E-state index in [1.165, 1.54) is 5.56 Å². The largest absolute Gasteiger partial charge is 0.497 e. The fourth-order valence-electron chi connectivity index (χ4n) is 3.60. The molecule has 0 bridgehead atoms. The number of thioether (sulfide) groups is 1. The van der Waals surface area contributed by atoms with Crippen LogP contribution in [0.4, 0.5) is 0 Å². The van der Waals surface area contributed by atoms with Crippen molar-refractivity contribution in [1.29, 1.82) is 0 Å². The molecule has 0 spiro atoms. The lowest BCUT2D eigenvalue weighted by molar-refractivity contribution is 0.309. The van der Waals surface area contributed by atoms with Gasteiger partial charge in [-0.2, -0.15) is 5.10 Å². The van der Waals surface area contributed by atoms with E-state index in [-0.39, 0.29) is 0 Å². The Morgan fingerprint density at radius 2 is 1.85 bits per heavy atom. The van der Waals surface area contributed by atoms with Crippen LogP contribution in [0.15, 0.2) is 72.1 Å². The Kier molecular flexibility index (Phi) is 6.17. The Labute approximate surface area is 196 Å². The minimum Gasteiger partial charge on any atom is -0.497 e. The van der Waals surface area contributed by atoms with Crippen molar-refractivity contribution in [3.8, 4) is 22.8 Å². The zero-order valence-corrected chi connectivity index (χ0v) is 19.5. The quantitative estimate of drug-likeness (QED) is 0.213. The summed E-state index contributed by atoms with van der Waals surface area (Å²) < 4.78 is 14.9. The van der Waals surface area contributed by atoms with E-state index in [1.807, 2.05) is 69.8 Å². The van der Waals surface area contributed by atoms with Crippen LogP contribution in [0.3, 0.4) is 0 Å². The van der Waals surface area contributed by atoms with Crippen LogP contribution in [0.1, 0.15) is 25.3 Å². The van der Waals surface area contributed by atoms with Gasteiger partial charge in [0, 0.05) is 23.7 Å². The van der Waals surface area contributed by atoms with Gasteiger partial charge in [0.2, 0.25) is 0 Å². The highest BCUT2D eigenvalue weighted by atomic mass is 32.2. The molecule has 3 aromatic heterocycles. The zero-order valence-electron chi connectivity index (χ0n) is 18.6. The van der Waals surface area contributed by atoms with Crippen molar-refractivity contribution in [2.45, 2.75) is 30.7 Å². The number of benzene rings is 2. The van der Waals surface area contributed by atoms with Gasteiger partial charge in [0.1, 0.15) is 17.0 Å². The average Bonchev–Trinajstić information content (AvgIpc) is 3.47.